The Morgan fingerprint density at radius 3 is 2.48 bits per heavy atom. The van der Waals surface area contributed by atoms with Gasteiger partial charge >= 0.3 is 6.09 Å². The van der Waals surface area contributed by atoms with Crippen molar-refractivity contribution >= 4 is 6.09 Å². The van der Waals surface area contributed by atoms with Gasteiger partial charge in [-0.25, -0.2) is 9.36 Å². The lowest BCUT2D eigenvalue weighted by atomic mass is 9.84. The summed E-state index contributed by atoms with van der Waals surface area (Å²) < 4.78 is 6.17. The number of nitrogens with zero attached hydrogens (tertiary/aromatic N) is 1. The van der Waals surface area contributed by atoms with Crippen molar-refractivity contribution in [2.45, 2.75) is 44.6 Å². The minimum atomic E-state index is -0.646. The van der Waals surface area contributed by atoms with Crippen LogP contribution < -0.4 is 5.56 Å². The SMILES string of the molecule is O=C(OCc1ccc(C2CCCCC2)cc1)n1ccccc1=O. The van der Waals surface area contributed by atoms with Gasteiger partial charge in [0.25, 0.3) is 5.56 Å². The zero-order chi connectivity index (χ0) is 16.1. The molecule has 1 aromatic carbocycles. The van der Waals surface area contributed by atoms with E-state index in [9.17, 15) is 9.59 Å². The van der Waals surface area contributed by atoms with Crippen molar-refractivity contribution in [3.05, 3.63) is 70.1 Å². The molecule has 0 radical (unpaired) electrons. The maximum absolute atomic E-state index is 11.9. The molecular weight excluding hydrogens is 290 g/mol. The van der Waals surface area contributed by atoms with Gasteiger partial charge in [0.15, 0.2) is 0 Å². The molecule has 1 aliphatic rings. The zero-order valence-corrected chi connectivity index (χ0v) is 13.1. The highest BCUT2D eigenvalue weighted by molar-refractivity contribution is 5.70. The van der Waals surface area contributed by atoms with E-state index in [2.05, 4.69) is 12.1 Å². The van der Waals surface area contributed by atoms with Crippen LogP contribution in [0.2, 0.25) is 0 Å². The topological polar surface area (TPSA) is 48.3 Å². The first kappa shape index (κ1) is 15.5. The second kappa shape index (κ2) is 7.27. The predicted molar refractivity (Wildman–Crippen MR) is 88.6 cm³/mol. The summed E-state index contributed by atoms with van der Waals surface area (Å²) in [6.07, 6.45) is 7.29. The molecule has 0 spiro atoms. The van der Waals surface area contributed by atoms with Crippen LogP contribution in [0.1, 0.15) is 49.1 Å². The van der Waals surface area contributed by atoms with Gasteiger partial charge in [0.2, 0.25) is 0 Å². The highest BCUT2D eigenvalue weighted by Gasteiger charge is 2.15. The molecule has 1 aliphatic carbocycles. The predicted octanol–water partition coefficient (Wildman–Crippen LogP) is 4.08. The minimum Gasteiger partial charge on any atom is -0.444 e. The van der Waals surface area contributed by atoms with Crippen molar-refractivity contribution in [3.63, 3.8) is 0 Å². The summed E-state index contributed by atoms with van der Waals surface area (Å²) in [6.45, 7) is 0.172. The molecule has 0 saturated heterocycles. The monoisotopic (exact) mass is 311 g/mol. The smallest absolute Gasteiger partial charge is 0.421 e. The third-order valence-corrected chi connectivity index (χ3v) is 4.44. The molecule has 0 N–H and O–H groups in total. The first-order valence-corrected chi connectivity index (χ1v) is 8.18. The van der Waals surface area contributed by atoms with Gasteiger partial charge in [0.1, 0.15) is 6.61 Å². The third kappa shape index (κ3) is 3.89. The van der Waals surface area contributed by atoms with Crippen molar-refractivity contribution in [3.8, 4) is 0 Å². The summed E-state index contributed by atoms with van der Waals surface area (Å²) in [5.41, 5.74) is 1.92. The van der Waals surface area contributed by atoms with E-state index in [0.29, 0.717) is 5.92 Å². The quantitative estimate of drug-likeness (QED) is 0.858. The van der Waals surface area contributed by atoms with E-state index in [-0.39, 0.29) is 12.2 Å². The highest BCUT2D eigenvalue weighted by atomic mass is 16.5. The number of rotatable bonds is 3. The Morgan fingerprint density at radius 2 is 1.78 bits per heavy atom. The third-order valence-electron chi connectivity index (χ3n) is 4.44. The Hall–Kier alpha value is -2.36. The van der Waals surface area contributed by atoms with Gasteiger partial charge in [-0.3, -0.25) is 4.79 Å². The van der Waals surface area contributed by atoms with Gasteiger partial charge in [0.05, 0.1) is 0 Å². The van der Waals surface area contributed by atoms with Crippen LogP contribution in [0.15, 0.2) is 53.5 Å². The number of hydrogen-bond donors (Lipinski definition) is 0. The number of carbonyl (C=O) groups excluding carboxylic acids is 1. The lowest BCUT2D eigenvalue weighted by molar-refractivity contribution is 0.140. The fourth-order valence-corrected chi connectivity index (χ4v) is 3.11. The molecule has 0 unspecified atom stereocenters. The van der Waals surface area contributed by atoms with Gasteiger partial charge in [-0.05, 0) is 36.0 Å². The van der Waals surface area contributed by atoms with E-state index >= 15 is 0 Å². The number of benzene rings is 1. The minimum absolute atomic E-state index is 0.172. The maximum atomic E-state index is 11.9. The number of hydrogen-bond acceptors (Lipinski definition) is 3. The Kier molecular flexibility index (Phi) is 4.91. The van der Waals surface area contributed by atoms with E-state index in [1.807, 2.05) is 12.1 Å². The summed E-state index contributed by atoms with van der Waals surface area (Å²) in [4.78, 5) is 23.4. The molecular formula is C19H21NO3. The molecule has 4 heteroatoms. The van der Waals surface area contributed by atoms with E-state index in [1.54, 1.807) is 12.1 Å². The van der Waals surface area contributed by atoms with Crippen molar-refractivity contribution in [1.29, 1.82) is 0 Å². The average Bonchev–Trinajstić information content (AvgIpc) is 2.61. The fraction of sp³-hybridized carbons (Fsp3) is 0.368. The average molecular weight is 311 g/mol. The van der Waals surface area contributed by atoms with Gasteiger partial charge in [-0.15, -0.1) is 0 Å². The molecule has 3 rings (SSSR count). The van der Waals surface area contributed by atoms with Crippen LogP contribution in [0, 0.1) is 0 Å². The highest BCUT2D eigenvalue weighted by Crippen LogP contribution is 2.32. The normalized spacial score (nSPS) is 15.3. The van der Waals surface area contributed by atoms with E-state index in [1.165, 1.54) is 49.9 Å². The van der Waals surface area contributed by atoms with Crippen LogP contribution in [0.5, 0.6) is 0 Å². The lowest BCUT2D eigenvalue weighted by Gasteiger charge is -2.22. The molecule has 1 fully saturated rings. The van der Waals surface area contributed by atoms with Crippen molar-refractivity contribution in [2.75, 3.05) is 0 Å². The Bertz CT molecular complexity index is 712. The van der Waals surface area contributed by atoms with Crippen LogP contribution in [0.25, 0.3) is 0 Å². The number of pyridine rings is 1. The fourth-order valence-electron chi connectivity index (χ4n) is 3.11. The van der Waals surface area contributed by atoms with E-state index < -0.39 is 6.09 Å². The number of ether oxygens (including phenoxy) is 1. The maximum Gasteiger partial charge on any atom is 0.421 e. The summed E-state index contributed by atoms with van der Waals surface area (Å²) in [7, 11) is 0. The van der Waals surface area contributed by atoms with Crippen molar-refractivity contribution < 1.29 is 9.53 Å². The first-order chi connectivity index (χ1) is 11.2. The molecule has 0 bridgehead atoms. The van der Waals surface area contributed by atoms with Gasteiger partial charge < -0.3 is 4.74 Å². The van der Waals surface area contributed by atoms with Crippen LogP contribution in [-0.4, -0.2) is 10.7 Å². The van der Waals surface area contributed by atoms with Crippen molar-refractivity contribution in [1.82, 2.24) is 4.57 Å². The summed E-state index contributed by atoms with van der Waals surface area (Å²) in [5.74, 6) is 0.670. The van der Waals surface area contributed by atoms with E-state index in [0.717, 1.165) is 10.1 Å². The zero-order valence-electron chi connectivity index (χ0n) is 13.1. The second-order valence-corrected chi connectivity index (χ2v) is 6.04. The summed E-state index contributed by atoms with van der Waals surface area (Å²) in [6, 6.07) is 12.8. The summed E-state index contributed by atoms with van der Waals surface area (Å²) >= 11 is 0. The molecule has 120 valence electrons. The second-order valence-electron chi connectivity index (χ2n) is 6.04. The Balaban J connectivity index is 1.59. The molecule has 2 aromatic rings. The van der Waals surface area contributed by atoms with Crippen LogP contribution in [-0.2, 0) is 11.3 Å². The Labute approximate surface area is 135 Å². The van der Waals surface area contributed by atoms with Gasteiger partial charge in [0, 0.05) is 12.3 Å². The molecule has 4 nitrogen and oxygen atoms in total. The molecule has 23 heavy (non-hydrogen) atoms. The van der Waals surface area contributed by atoms with Crippen molar-refractivity contribution in [2.24, 2.45) is 0 Å². The molecule has 1 aromatic heterocycles. The number of aromatic nitrogens is 1. The van der Waals surface area contributed by atoms with Crippen LogP contribution in [0.3, 0.4) is 0 Å². The molecule has 0 aliphatic heterocycles. The molecule has 0 amide bonds. The lowest BCUT2D eigenvalue weighted by Crippen LogP contribution is -2.26. The van der Waals surface area contributed by atoms with Gasteiger partial charge in [-0.2, -0.15) is 0 Å². The van der Waals surface area contributed by atoms with Crippen LogP contribution >= 0.6 is 0 Å². The molecule has 0 atom stereocenters. The van der Waals surface area contributed by atoms with E-state index in [4.69, 9.17) is 4.74 Å². The Morgan fingerprint density at radius 1 is 1.04 bits per heavy atom. The molecule has 1 heterocycles. The standard InChI is InChI=1S/C19H21NO3/c21-18-8-4-5-13-20(18)19(22)23-14-15-9-11-17(12-10-15)16-6-2-1-3-7-16/h4-5,8-13,16H,1-3,6-7,14H2. The largest absolute Gasteiger partial charge is 0.444 e. The summed E-state index contributed by atoms with van der Waals surface area (Å²) in [5, 5.41) is 0. The van der Waals surface area contributed by atoms with Crippen LogP contribution in [0.4, 0.5) is 4.79 Å². The molecule has 1 saturated carbocycles. The van der Waals surface area contributed by atoms with Gasteiger partial charge in [-0.1, -0.05) is 49.6 Å². The number of carbonyl (C=O) groups is 1. The first-order valence-electron chi connectivity index (χ1n) is 8.18.